The molecule has 0 saturated heterocycles. The van der Waals surface area contributed by atoms with Gasteiger partial charge in [0, 0.05) is 16.8 Å². The number of fused-ring (bicyclic) bond motifs is 3. The summed E-state index contributed by atoms with van der Waals surface area (Å²) in [6.45, 7) is 1.73. The molecule has 0 aliphatic carbocycles. The molecule has 0 unspecified atom stereocenters. The van der Waals surface area contributed by atoms with Crippen LogP contribution in [0, 0.1) is 6.92 Å². The normalized spacial score (nSPS) is 11.0. The molecule has 0 spiro atoms. The van der Waals surface area contributed by atoms with Gasteiger partial charge in [-0.05, 0) is 31.2 Å². The maximum absolute atomic E-state index is 12.1. The van der Waals surface area contributed by atoms with E-state index < -0.39 is 5.97 Å². The van der Waals surface area contributed by atoms with Gasteiger partial charge in [0.1, 0.15) is 22.7 Å². The molecule has 0 bridgehead atoms. The highest BCUT2D eigenvalue weighted by Crippen LogP contribution is 2.31. The lowest BCUT2D eigenvalue weighted by Gasteiger charge is -2.04. The molecule has 2 aromatic carbocycles. The van der Waals surface area contributed by atoms with Crippen LogP contribution in [0.25, 0.3) is 21.9 Å². The summed E-state index contributed by atoms with van der Waals surface area (Å²) in [6, 6.07) is 14.5. The van der Waals surface area contributed by atoms with Gasteiger partial charge in [-0.2, -0.15) is 0 Å². The first kappa shape index (κ1) is 18.1. The number of amides is 1. The SMILES string of the molecule is Cc1cc(NC(=O)CSCC(=O)Oc2ccc3oc4ccccc4c3c2)no1. The van der Waals surface area contributed by atoms with Gasteiger partial charge in [0.2, 0.25) is 5.91 Å². The Balaban J connectivity index is 1.32. The Hall–Kier alpha value is -3.26. The summed E-state index contributed by atoms with van der Waals surface area (Å²) < 4.78 is 16.0. The lowest BCUT2D eigenvalue weighted by atomic mass is 10.1. The second-order valence-electron chi connectivity index (χ2n) is 6.09. The first-order valence-electron chi connectivity index (χ1n) is 8.51. The van der Waals surface area contributed by atoms with Gasteiger partial charge in [0.25, 0.3) is 0 Å². The Morgan fingerprint density at radius 2 is 1.89 bits per heavy atom. The Morgan fingerprint density at radius 3 is 2.71 bits per heavy atom. The molecule has 4 aromatic rings. The maximum atomic E-state index is 12.1. The van der Waals surface area contributed by atoms with E-state index in [0.717, 1.165) is 33.7 Å². The van der Waals surface area contributed by atoms with Crippen LogP contribution in [0.15, 0.2) is 57.5 Å². The number of benzene rings is 2. The van der Waals surface area contributed by atoms with Crippen LogP contribution in [0.2, 0.25) is 0 Å². The van der Waals surface area contributed by atoms with E-state index >= 15 is 0 Å². The smallest absolute Gasteiger partial charge is 0.321 e. The van der Waals surface area contributed by atoms with E-state index in [-0.39, 0.29) is 17.4 Å². The molecule has 0 aliphatic heterocycles. The van der Waals surface area contributed by atoms with E-state index in [0.29, 0.717) is 17.3 Å². The van der Waals surface area contributed by atoms with Gasteiger partial charge in [0.15, 0.2) is 5.82 Å². The number of hydrogen-bond donors (Lipinski definition) is 1. The van der Waals surface area contributed by atoms with Crippen LogP contribution in [0.3, 0.4) is 0 Å². The van der Waals surface area contributed by atoms with Gasteiger partial charge in [-0.3, -0.25) is 9.59 Å². The molecule has 142 valence electrons. The lowest BCUT2D eigenvalue weighted by molar-refractivity contribution is -0.131. The fourth-order valence-electron chi connectivity index (χ4n) is 2.76. The molecule has 1 N–H and O–H groups in total. The number of esters is 1. The van der Waals surface area contributed by atoms with Crippen molar-refractivity contribution in [1.82, 2.24) is 5.16 Å². The Bertz CT molecular complexity index is 1160. The van der Waals surface area contributed by atoms with E-state index in [2.05, 4.69) is 10.5 Å². The van der Waals surface area contributed by atoms with Crippen LogP contribution in [0.5, 0.6) is 5.75 Å². The Kier molecular flexibility index (Phi) is 5.03. The topological polar surface area (TPSA) is 94.6 Å². The number of nitrogens with one attached hydrogen (secondary N) is 1. The third-order valence-corrected chi connectivity index (χ3v) is 4.83. The fourth-order valence-corrected chi connectivity index (χ4v) is 3.35. The third kappa shape index (κ3) is 4.01. The van der Waals surface area contributed by atoms with Crippen molar-refractivity contribution >= 4 is 51.4 Å². The largest absolute Gasteiger partial charge is 0.456 e. The maximum Gasteiger partial charge on any atom is 0.321 e. The second-order valence-corrected chi connectivity index (χ2v) is 7.08. The minimum Gasteiger partial charge on any atom is -0.456 e. The van der Waals surface area contributed by atoms with Crippen LogP contribution < -0.4 is 10.1 Å². The number of aryl methyl sites for hydroxylation is 1. The van der Waals surface area contributed by atoms with Gasteiger partial charge >= 0.3 is 5.97 Å². The van der Waals surface area contributed by atoms with Crippen molar-refractivity contribution in [2.45, 2.75) is 6.92 Å². The zero-order valence-corrected chi connectivity index (χ0v) is 15.7. The number of aromatic nitrogens is 1. The minimum absolute atomic E-state index is 0.0510. The van der Waals surface area contributed by atoms with Crippen LogP contribution in [0.1, 0.15) is 5.76 Å². The summed E-state index contributed by atoms with van der Waals surface area (Å²) in [4.78, 5) is 23.9. The predicted molar refractivity (Wildman–Crippen MR) is 107 cm³/mol. The molecule has 0 aliphatic rings. The molecule has 2 heterocycles. The number of carbonyl (C=O) groups is 2. The van der Waals surface area contributed by atoms with E-state index in [9.17, 15) is 9.59 Å². The molecular formula is C20H16N2O5S. The van der Waals surface area contributed by atoms with E-state index in [1.54, 1.807) is 31.2 Å². The minimum atomic E-state index is -0.428. The molecule has 0 fully saturated rings. The molecule has 4 rings (SSSR count). The lowest BCUT2D eigenvalue weighted by Crippen LogP contribution is -2.17. The van der Waals surface area contributed by atoms with E-state index in [1.165, 1.54) is 0 Å². The van der Waals surface area contributed by atoms with Crippen molar-refractivity contribution in [3.05, 3.63) is 54.3 Å². The molecule has 28 heavy (non-hydrogen) atoms. The van der Waals surface area contributed by atoms with Crippen molar-refractivity contribution in [2.75, 3.05) is 16.8 Å². The van der Waals surface area contributed by atoms with Gasteiger partial charge in [-0.15, -0.1) is 11.8 Å². The highest BCUT2D eigenvalue weighted by Gasteiger charge is 2.12. The number of hydrogen-bond acceptors (Lipinski definition) is 7. The molecule has 7 nitrogen and oxygen atoms in total. The zero-order chi connectivity index (χ0) is 19.5. The number of furan rings is 1. The van der Waals surface area contributed by atoms with E-state index in [1.807, 2.05) is 24.3 Å². The first-order chi connectivity index (χ1) is 13.6. The third-order valence-electron chi connectivity index (χ3n) is 3.93. The first-order valence-corrected chi connectivity index (χ1v) is 9.67. The van der Waals surface area contributed by atoms with Gasteiger partial charge in [-0.1, -0.05) is 23.4 Å². The van der Waals surface area contributed by atoms with Crippen LogP contribution in [-0.2, 0) is 9.59 Å². The summed E-state index contributed by atoms with van der Waals surface area (Å²) >= 11 is 1.16. The van der Waals surface area contributed by atoms with Crippen molar-refractivity contribution in [2.24, 2.45) is 0 Å². The van der Waals surface area contributed by atoms with Crippen molar-refractivity contribution in [1.29, 1.82) is 0 Å². The number of rotatable bonds is 6. The molecule has 8 heteroatoms. The van der Waals surface area contributed by atoms with Gasteiger partial charge < -0.3 is 19.0 Å². The Labute approximate surface area is 164 Å². The highest BCUT2D eigenvalue weighted by atomic mass is 32.2. The fraction of sp³-hybridized carbons (Fsp3) is 0.150. The molecule has 1 amide bonds. The summed E-state index contributed by atoms with van der Waals surface area (Å²) in [6.07, 6.45) is 0. The molecule has 0 radical (unpaired) electrons. The molecule has 2 aromatic heterocycles. The van der Waals surface area contributed by atoms with E-state index in [4.69, 9.17) is 13.7 Å². The van der Waals surface area contributed by atoms with Gasteiger partial charge in [0.05, 0.1) is 11.5 Å². The Morgan fingerprint density at radius 1 is 1.07 bits per heavy atom. The average Bonchev–Trinajstić information content (AvgIpc) is 3.24. The standard InChI is InChI=1S/C20H16N2O5S/c1-12-8-18(22-27-12)21-19(23)10-28-11-20(24)25-13-6-7-17-15(9-13)14-4-2-3-5-16(14)26-17/h2-9H,10-11H2,1H3,(H,21,22,23). The van der Waals surface area contributed by atoms with Crippen LogP contribution in [0.4, 0.5) is 5.82 Å². The number of anilines is 1. The molecule has 0 atom stereocenters. The number of thioether (sulfide) groups is 1. The van der Waals surface area contributed by atoms with Crippen LogP contribution in [-0.4, -0.2) is 28.5 Å². The summed E-state index contributed by atoms with van der Waals surface area (Å²) in [5.74, 6) is 0.856. The predicted octanol–water partition coefficient (Wildman–Crippen LogP) is 4.16. The number of para-hydroxylation sites is 1. The second kappa shape index (κ2) is 7.77. The van der Waals surface area contributed by atoms with Crippen molar-refractivity contribution < 1.29 is 23.3 Å². The highest BCUT2D eigenvalue weighted by molar-refractivity contribution is 8.00. The molecular weight excluding hydrogens is 380 g/mol. The quantitative estimate of drug-likeness (QED) is 0.386. The number of carbonyl (C=O) groups excluding carboxylic acids is 2. The van der Waals surface area contributed by atoms with Crippen LogP contribution >= 0.6 is 11.8 Å². The van der Waals surface area contributed by atoms with Crippen molar-refractivity contribution in [3.8, 4) is 5.75 Å². The monoisotopic (exact) mass is 396 g/mol. The number of ether oxygens (including phenoxy) is 1. The van der Waals surface area contributed by atoms with Crippen molar-refractivity contribution in [3.63, 3.8) is 0 Å². The summed E-state index contributed by atoms with van der Waals surface area (Å²) in [7, 11) is 0. The average molecular weight is 396 g/mol. The summed E-state index contributed by atoms with van der Waals surface area (Å²) in [5, 5.41) is 8.12. The molecule has 0 saturated carbocycles. The zero-order valence-electron chi connectivity index (χ0n) is 14.9. The number of nitrogens with zero attached hydrogens (tertiary/aromatic N) is 1. The van der Waals surface area contributed by atoms with Gasteiger partial charge in [-0.25, -0.2) is 0 Å². The summed E-state index contributed by atoms with van der Waals surface area (Å²) in [5.41, 5.74) is 1.51.